The molecule has 105 heavy (non-hydrogen) atoms. The topological polar surface area (TPSA) is 425 Å². The van der Waals surface area contributed by atoms with E-state index in [2.05, 4.69) is 66.0 Å². The average Bonchev–Trinajstić information content (AvgIpc) is 1.68. The van der Waals surface area contributed by atoms with Crippen molar-refractivity contribution in [2.24, 2.45) is 0 Å². The van der Waals surface area contributed by atoms with Gasteiger partial charge in [-0.1, -0.05) is 68.0 Å². The molecule has 0 aliphatic carbocycles. The van der Waals surface area contributed by atoms with E-state index in [9.17, 15) is 24.3 Å². The highest BCUT2D eigenvalue weighted by molar-refractivity contribution is 7.78. The summed E-state index contributed by atoms with van der Waals surface area (Å²) in [6.07, 6.45) is 25.7. The molecule has 0 aromatic carbocycles. The maximum atomic E-state index is 12.6. The predicted molar refractivity (Wildman–Crippen MR) is 403 cm³/mol. The van der Waals surface area contributed by atoms with Crippen molar-refractivity contribution in [3.8, 4) is 17.6 Å². The summed E-state index contributed by atoms with van der Waals surface area (Å²) in [5.41, 5.74) is 1.27. The molecule has 0 radical (unpaired) electrons. The fraction of sp³-hybridized carbons (Fsp3) is 0.768. The van der Waals surface area contributed by atoms with E-state index in [1.807, 2.05) is 81.1 Å². The monoisotopic (exact) mass is 1600 g/mol. The van der Waals surface area contributed by atoms with Crippen LogP contribution in [0.5, 0.6) is 17.6 Å². The van der Waals surface area contributed by atoms with E-state index in [4.69, 9.17) is 85.1 Å². The molecule has 36 heteroatoms. The number of hydrogen-bond acceptors (Lipinski definition) is 29. The minimum Gasteiger partial charge on any atom is -0.773 e. The number of nitrogens with zero attached hydrogens (tertiary/aromatic N) is 7. The summed E-state index contributed by atoms with van der Waals surface area (Å²) in [7, 11) is 0. The number of aliphatic hydroxyl groups is 2. The van der Waals surface area contributed by atoms with Gasteiger partial charge in [0.05, 0.1) is 17.8 Å². The van der Waals surface area contributed by atoms with Crippen LogP contribution in [-0.4, -0.2) is 238 Å². The lowest BCUT2D eigenvalue weighted by Gasteiger charge is -2.39. The zero-order chi connectivity index (χ0) is 79.0. The van der Waals surface area contributed by atoms with E-state index >= 15 is 0 Å². The van der Waals surface area contributed by atoms with Gasteiger partial charge >= 0.3 is 6.09 Å². The first kappa shape index (κ1) is 96.5. The Morgan fingerprint density at radius 3 is 1.14 bits per heavy atom. The van der Waals surface area contributed by atoms with Crippen molar-refractivity contribution in [3.05, 3.63) is 51.1 Å². The fourth-order valence-corrected chi connectivity index (χ4v) is 12.2. The van der Waals surface area contributed by atoms with Crippen molar-refractivity contribution in [1.29, 1.82) is 0 Å². The molecule has 9 aliphatic heterocycles. The Hall–Kier alpha value is -4.56. The second kappa shape index (κ2) is 51.0. The highest BCUT2D eigenvalue weighted by Crippen LogP contribution is 2.39. The molecule has 7 N–H and O–H groups in total. The average molecular weight is 1600 g/mol. The molecule has 30 nitrogen and oxygen atoms in total. The Morgan fingerprint density at radius 2 is 0.810 bits per heavy atom. The van der Waals surface area contributed by atoms with E-state index < -0.39 is 38.8 Å². The Labute approximate surface area is 643 Å². The molecule has 6 bridgehead atoms. The van der Waals surface area contributed by atoms with Crippen LogP contribution in [-0.2, 0) is 61.8 Å². The summed E-state index contributed by atoms with van der Waals surface area (Å²) >= 11 is 11.5. The van der Waals surface area contributed by atoms with Crippen LogP contribution in [0.15, 0.2) is 19.0 Å². The van der Waals surface area contributed by atoms with Crippen LogP contribution < -0.4 is 40.8 Å². The molecular weight excluding hydrogens is 1490 g/mol. The quantitative estimate of drug-likeness (QED) is 0.0490. The molecule has 12 rings (SSSR count). The molecule has 9 unspecified atom stereocenters. The molecule has 9 atom stereocenters. The van der Waals surface area contributed by atoms with Crippen LogP contribution >= 0.6 is 34.8 Å². The van der Waals surface area contributed by atoms with Crippen molar-refractivity contribution in [2.45, 2.75) is 282 Å². The molecule has 602 valence electrons. The van der Waals surface area contributed by atoms with Crippen molar-refractivity contribution in [1.82, 2.24) is 61.4 Å². The first-order chi connectivity index (χ1) is 49.2. The molecule has 9 saturated heterocycles. The number of aliphatic hydroxyl groups excluding tert-OH is 2. The van der Waals surface area contributed by atoms with Gasteiger partial charge in [-0.25, -0.2) is 34.7 Å². The van der Waals surface area contributed by atoms with Crippen molar-refractivity contribution >= 4 is 92.9 Å². The third kappa shape index (κ3) is 44.6. The van der Waals surface area contributed by atoms with Crippen molar-refractivity contribution in [2.75, 3.05) is 58.0 Å². The van der Waals surface area contributed by atoms with E-state index in [1.54, 1.807) is 6.92 Å². The summed E-state index contributed by atoms with van der Waals surface area (Å²) in [5, 5.41) is 36.1. The molecule has 12 heterocycles. The summed E-state index contributed by atoms with van der Waals surface area (Å²) in [4.78, 5) is 68.8. The van der Waals surface area contributed by atoms with Crippen LogP contribution in [0.1, 0.15) is 195 Å². The van der Waals surface area contributed by atoms with Crippen LogP contribution in [0.25, 0.3) is 0 Å². The molecule has 0 saturated carbocycles. The second-order valence-electron chi connectivity index (χ2n) is 29.1. The SMILES string of the molecule is CC(C)(C)OC=O.CC(C)(C)OC=O.CS(=O)[O-].CS(=O)[O-].CS(=O)[O-].Cc1c(Cl)ncnc1Cl.Cc1c(Cl)ncnc1OC1CCNCC1.Cc1c(OC2CCNCC2)ncnc1OC1CC2CCC(C1)N2C(=O)OC(C)(C)C.O=C1CC2CCC(C1)N2.OC1CC2CCC(C1)N2.OC1CCNCC1. The van der Waals surface area contributed by atoms with Gasteiger partial charge < -0.3 is 83.8 Å². The largest absolute Gasteiger partial charge is 0.773 e. The van der Waals surface area contributed by atoms with E-state index in [1.165, 1.54) is 44.7 Å². The van der Waals surface area contributed by atoms with Gasteiger partial charge in [0.1, 0.15) is 75.3 Å². The minimum atomic E-state index is -1.86. The number of fused-ring (bicyclic) bond motifs is 6. The normalized spacial score (nSPS) is 23.8. The summed E-state index contributed by atoms with van der Waals surface area (Å²) in [6, 6.07) is 2.68. The molecule has 3 aromatic rings. The van der Waals surface area contributed by atoms with Crippen LogP contribution in [0.3, 0.4) is 0 Å². The molecule has 9 fully saturated rings. The molecule has 1 amide bonds. The van der Waals surface area contributed by atoms with Gasteiger partial charge in [-0.3, -0.25) is 27.0 Å². The number of nitrogens with one attached hydrogen (secondary N) is 5. The summed E-state index contributed by atoms with van der Waals surface area (Å²) in [5.74, 6) is 2.27. The fourth-order valence-electron chi connectivity index (χ4n) is 11.7. The van der Waals surface area contributed by atoms with E-state index in [-0.39, 0.29) is 59.9 Å². The summed E-state index contributed by atoms with van der Waals surface area (Å²) < 4.78 is 86.9. The number of carbonyl (C=O) groups excluding carboxylic acids is 4. The minimum absolute atomic E-state index is 0.0104. The van der Waals surface area contributed by atoms with Crippen LogP contribution in [0.2, 0.25) is 15.5 Å². The number of ether oxygens (including phenoxy) is 6. The van der Waals surface area contributed by atoms with E-state index in [0.29, 0.717) is 76.0 Å². The highest BCUT2D eigenvalue weighted by atomic mass is 35.5. The Bertz CT molecular complexity index is 2950. The van der Waals surface area contributed by atoms with Crippen molar-refractivity contribution < 1.29 is 84.1 Å². The van der Waals surface area contributed by atoms with Gasteiger partial charge in [-0.15, -0.1) is 0 Å². The number of amides is 1. The number of hydrogen-bond donors (Lipinski definition) is 7. The van der Waals surface area contributed by atoms with Crippen molar-refractivity contribution in [3.63, 3.8) is 0 Å². The second-order valence-corrected chi connectivity index (χ2v) is 32.6. The molecular formula is C69H116Cl3N12O18S3-3. The maximum absolute atomic E-state index is 12.6. The third-order valence-electron chi connectivity index (χ3n) is 16.5. The van der Waals surface area contributed by atoms with Crippen LogP contribution in [0.4, 0.5) is 4.79 Å². The number of rotatable bonds is 8. The smallest absolute Gasteiger partial charge is 0.410 e. The number of ketones is 1. The molecule has 3 aromatic heterocycles. The zero-order valence-electron chi connectivity index (χ0n) is 63.6. The standard InChI is InChI=1S/C22H34N4O4.C10H14ClN3O.C7H13NO.C7H11NO.C5H4Cl2N2.C5H11NO.2C5H10O2.3CH4O2S/c1-14-19(28-17-7-9-23-10-8-17)24-13-25-20(14)29-18-11-15-5-6-16(12-18)26(15)21(27)30-22(2,3)4;1-7-9(11)13-6-14-10(7)15-8-2-4-12-5-3-8;2*9-7-3-5-1-2-6(4-7)8-5;1-3-4(6)8-2-9-5(3)7;7-5-1-3-6-4-2-5;2*1-5(2,3)7-4-6;3*1-4(2)3/h13,15-18,23H,5-12H2,1-4H3;6,8,12H,2-5H2,1H3;5-9H,1-4H2;5-6,8H,1-4H2;2H,1H3;5-7H,1-4H2;2*4H,1-3H3;3*1H3,(H,2,3)/p-3. The lowest BCUT2D eigenvalue weighted by atomic mass is 10.00. The van der Waals surface area contributed by atoms with Gasteiger partial charge in [-0.2, -0.15) is 0 Å². The Morgan fingerprint density at radius 1 is 0.486 bits per heavy atom. The van der Waals surface area contributed by atoms with Gasteiger partial charge in [-0.05, 0) is 231 Å². The number of halogens is 3. The number of piperidine rings is 6. The zero-order valence-corrected chi connectivity index (χ0v) is 68.3. The Kier molecular flexibility index (Phi) is 46.9. The molecule has 0 spiro atoms. The number of carbonyl (C=O) groups is 4. The van der Waals surface area contributed by atoms with E-state index in [0.717, 1.165) is 165 Å². The van der Waals surface area contributed by atoms with Gasteiger partial charge in [0.2, 0.25) is 17.6 Å². The maximum Gasteiger partial charge on any atom is 0.410 e. The first-order valence-corrected chi connectivity index (χ1v) is 41.0. The third-order valence-corrected chi connectivity index (χ3v) is 17.6. The lowest BCUT2D eigenvalue weighted by Crippen LogP contribution is -2.50. The van der Waals surface area contributed by atoms with Gasteiger partial charge in [0.15, 0.2) is 0 Å². The highest BCUT2D eigenvalue weighted by Gasteiger charge is 2.46. The summed E-state index contributed by atoms with van der Waals surface area (Å²) in [6.45, 7) is 29.1. The van der Waals surface area contributed by atoms with Gasteiger partial charge in [0, 0.05) is 73.1 Å². The molecule has 9 aliphatic rings. The first-order valence-electron chi connectivity index (χ1n) is 35.4. The Balaban J connectivity index is 0.000000425. The number of Topliss-reactive ketones (excluding diaryl/α,β-unsaturated/α-hetero) is 1. The predicted octanol–water partition coefficient (Wildman–Crippen LogP) is 7.75. The van der Waals surface area contributed by atoms with Crippen LogP contribution in [0, 0.1) is 20.8 Å². The lowest BCUT2D eigenvalue weighted by molar-refractivity contribution is -0.139. The van der Waals surface area contributed by atoms with Gasteiger partial charge in [0.25, 0.3) is 12.9 Å². The number of aromatic nitrogens is 6.